The zero-order valence-electron chi connectivity index (χ0n) is 12.4. The fourth-order valence-corrected chi connectivity index (χ4v) is 2.25. The van der Waals surface area contributed by atoms with E-state index in [-0.39, 0.29) is 11.5 Å². The quantitative estimate of drug-likeness (QED) is 0.488. The summed E-state index contributed by atoms with van der Waals surface area (Å²) in [7, 11) is 0. The summed E-state index contributed by atoms with van der Waals surface area (Å²) in [5, 5.41) is 15.6. The summed E-state index contributed by atoms with van der Waals surface area (Å²) in [6.45, 7) is 0. The van der Waals surface area contributed by atoms with Gasteiger partial charge in [-0.05, 0) is 30.3 Å². The van der Waals surface area contributed by atoms with E-state index in [1.807, 2.05) is 0 Å². The summed E-state index contributed by atoms with van der Waals surface area (Å²) < 4.78 is 0. The van der Waals surface area contributed by atoms with Crippen LogP contribution in [0.25, 0.3) is 11.0 Å². The highest BCUT2D eigenvalue weighted by atomic mass is 35.5. The smallest absolute Gasteiger partial charge is 0.326 e. The van der Waals surface area contributed by atoms with E-state index in [1.165, 1.54) is 24.3 Å². The number of hydrogen-bond acceptors (Lipinski definition) is 5. The number of aromatic amines is 1. The summed E-state index contributed by atoms with van der Waals surface area (Å²) in [6.07, 6.45) is 0. The second-order valence-corrected chi connectivity index (χ2v) is 5.40. The van der Waals surface area contributed by atoms with E-state index >= 15 is 0 Å². The van der Waals surface area contributed by atoms with Crippen molar-refractivity contribution < 1.29 is 14.5 Å². The van der Waals surface area contributed by atoms with Gasteiger partial charge in [-0.3, -0.25) is 20.2 Å². The topological polar surface area (TPSA) is 130 Å². The molecule has 0 bridgehead atoms. The van der Waals surface area contributed by atoms with Gasteiger partial charge in [0, 0.05) is 22.8 Å². The van der Waals surface area contributed by atoms with Gasteiger partial charge in [0.2, 0.25) is 0 Å². The number of non-ortho nitro benzene ring substituents is 1. The summed E-state index contributed by atoms with van der Waals surface area (Å²) in [5.74, 6) is -0.775. The van der Waals surface area contributed by atoms with E-state index in [2.05, 4.69) is 20.6 Å². The minimum absolute atomic E-state index is 0.0453. The van der Waals surface area contributed by atoms with E-state index in [0.29, 0.717) is 21.7 Å². The number of hydrogen-bond donors (Lipinski definition) is 3. The van der Waals surface area contributed by atoms with Crippen LogP contribution < -0.4 is 10.6 Å². The van der Waals surface area contributed by atoms with Crippen LogP contribution in [-0.4, -0.2) is 26.8 Å². The standard InChI is InChI=1S/C15H10ClN5O4/c16-8-1-6-11-12(7-8)19-13(18-11)14(22)20-15(23)17-9-2-4-10(5-3-9)21(24)25/h1-7H,(H,18,19)(H2,17,20,22,23). The molecule has 25 heavy (non-hydrogen) atoms. The maximum Gasteiger partial charge on any atom is 0.326 e. The van der Waals surface area contributed by atoms with Gasteiger partial charge in [-0.25, -0.2) is 9.78 Å². The predicted molar refractivity (Wildman–Crippen MR) is 90.7 cm³/mol. The number of aromatic nitrogens is 2. The predicted octanol–water partition coefficient (Wildman–Crippen LogP) is 3.09. The summed E-state index contributed by atoms with van der Waals surface area (Å²) in [4.78, 5) is 40.7. The maximum atomic E-state index is 12.1. The number of carbonyl (C=O) groups is 2. The number of halogens is 1. The Labute approximate surface area is 145 Å². The summed E-state index contributed by atoms with van der Waals surface area (Å²) in [5.41, 5.74) is 1.29. The van der Waals surface area contributed by atoms with Crippen molar-refractivity contribution in [1.29, 1.82) is 0 Å². The molecule has 0 radical (unpaired) electrons. The molecule has 0 unspecified atom stereocenters. The number of nitrogens with one attached hydrogen (secondary N) is 3. The number of amides is 3. The molecule has 0 saturated carbocycles. The number of nitro groups is 1. The fraction of sp³-hybridized carbons (Fsp3) is 0. The lowest BCUT2D eigenvalue weighted by atomic mass is 10.3. The zero-order chi connectivity index (χ0) is 18.0. The van der Waals surface area contributed by atoms with Crippen molar-refractivity contribution in [3.63, 3.8) is 0 Å². The normalized spacial score (nSPS) is 10.4. The molecule has 0 fully saturated rings. The minimum atomic E-state index is -0.794. The number of benzene rings is 2. The summed E-state index contributed by atoms with van der Waals surface area (Å²) in [6, 6.07) is 9.27. The van der Waals surface area contributed by atoms with Crippen LogP contribution in [0.1, 0.15) is 10.6 Å². The van der Waals surface area contributed by atoms with Gasteiger partial charge in [0.25, 0.3) is 11.6 Å². The van der Waals surface area contributed by atoms with Crippen LogP contribution in [0.5, 0.6) is 0 Å². The Hall–Kier alpha value is -3.46. The van der Waals surface area contributed by atoms with Crippen LogP contribution in [0.4, 0.5) is 16.2 Å². The second kappa shape index (κ2) is 6.57. The highest BCUT2D eigenvalue weighted by Crippen LogP contribution is 2.17. The van der Waals surface area contributed by atoms with E-state index < -0.39 is 16.9 Å². The molecule has 0 spiro atoms. The number of H-pyrrole nitrogens is 1. The van der Waals surface area contributed by atoms with E-state index in [9.17, 15) is 19.7 Å². The van der Waals surface area contributed by atoms with Gasteiger partial charge in [0.15, 0.2) is 5.82 Å². The molecule has 0 aliphatic carbocycles. The van der Waals surface area contributed by atoms with E-state index in [4.69, 9.17) is 11.6 Å². The van der Waals surface area contributed by atoms with Crippen molar-refractivity contribution in [1.82, 2.24) is 15.3 Å². The van der Waals surface area contributed by atoms with E-state index in [0.717, 1.165) is 0 Å². The van der Waals surface area contributed by atoms with Crippen molar-refractivity contribution in [3.05, 3.63) is 63.4 Å². The van der Waals surface area contributed by atoms with Crippen molar-refractivity contribution >= 4 is 45.9 Å². The van der Waals surface area contributed by atoms with Gasteiger partial charge < -0.3 is 10.3 Å². The number of rotatable bonds is 3. The van der Waals surface area contributed by atoms with Crippen LogP contribution in [-0.2, 0) is 0 Å². The Bertz CT molecular complexity index is 983. The number of nitrogens with zero attached hydrogens (tertiary/aromatic N) is 2. The number of nitro benzene ring substituents is 1. The average Bonchev–Trinajstić information content (AvgIpc) is 2.98. The molecule has 1 heterocycles. The molecule has 0 aliphatic heterocycles. The van der Waals surface area contributed by atoms with E-state index in [1.54, 1.807) is 18.2 Å². The molecule has 3 amide bonds. The molecular formula is C15H10ClN5O4. The van der Waals surface area contributed by atoms with Crippen LogP contribution >= 0.6 is 11.6 Å². The van der Waals surface area contributed by atoms with Gasteiger partial charge >= 0.3 is 6.03 Å². The number of imide groups is 1. The highest BCUT2D eigenvalue weighted by Gasteiger charge is 2.15. The van der Waals surface area contributed by atoms with Crippen molar-refractivity contribution in [2.75, 3.05) is 5.32 Å². The summed E-state index contributed by atoms with van der Waals surface area (Å²) >= 11 is 5.86. The van der Waals surface area contributed by atoms with Crippen LogP contribution in [0, 0.1) is 10.1 Å². The number of imidazole rings is 1. The molecule has 9 nitrogen and oxygen atoms in total. The molecule has 126 valence electrons. The van der Waals surface area contributed by atoms with Gasteiger partial charge in [0.1, 0.15) is 0 Å². The third-order valence-corrected chi connectivity index (χ3v) is 3.46. The second-order valence-electron chi connectivity index (χ2n) is 4.96. The van der Waals surface area contributed by atoms with Crippen LogP contribution in [0.3, 0.4) is 0 Å². The molecule has 3 aromatic rings. The first-order valence-electron chi connectivity index (χ1n) is 6.94. The molecule has 0 saturated heterocycles. The van der Waals surface area contributed by atoms with Crippen LogP contribution in [0.2, 0.25) is 5.02 Å². The Morgan fingerprint density at radius 1 is 1.16 bits per heavy atom. The molecule has 1 aromatic heterocycles. The number of carbonyl (C=O) groups excluding carboxylic acids is 2. The Morgan fingerprint density at radius 3 is 2.56 bits per heavy atom. The van der Waals surface area contributed by atoms with Crippen molar-refractivity contribution in [2.45, 2.75) is 0 Å². The monoisotopic (exact) mass is 359 g/mol. The molecule has 0 aliphatic rings. The molecule has 0 atom stereocenters. The maximum absolute atomic E-state index is 12.1. The molecule has 3 rings (SSSR count). The van der Waals surface area contributed by atoms with Gasteiger partial charge in [-0.2, -0.15) is 0 Å². The Morgan fingerprint density at radius 2 is 1.88 bits per heavy atom. The zero-order valence-corrected chi connectivity index (χ0v) is 13.2. The Balaban J connectivity index is 1.67. The third-order valence-electron chi connectivity index (χ3n) is 3.22. The fourth-order valence-electron chi connectivity index (χ4n) is 2.08. The molecule has 10 heteroatoms. The number of urea groups is 1. The SMILES string of the molecule is O=C(NC(=O)c1nc2ccc(Cl)cc2[nH]1)Nc1ccc([N+](=O)[O-])cc1. The average molecular weight is 360 g/mol. The minimum Gasteiger partial charge on any atom is -0.334 e. The first-order chi connectivity index (χ1) is 11.9. The highest BCUT2D eigenvalue weighted by molar-refractivity contribution is 6.31. The lowest BCUT2D eigenvalue weighted by Crippen LogP contribution is -2.34. The first-order valence-corrected chi connectivity index (χ1v) is 7.32. The van der Waals surface area contributed by atoms with Gasteiger partial charge in [0.05, 0.1) is 16.0 Å². The van der Waals surface area contributed by atoms with Crippen molar-refractivity contribution in [3.8, 4) is 0 Å². The molecular weight excluding hydrogens is 350 g/mol. The molecule has 2 aromatic carbocycles. The number of fused-ring (bicyclic) bond motifs is 1. The third kappa shape index (κ3) is 3.72. The first kappa shape index (κ1) is 16.4. The molecule has 3 N–H and O–H groups in total. The largest absolute Gasteiger partial charge is 0.334 e. The van der Waals surface area contributed by atoms with Crippen LogP contribution in [0.15, 0.2) is 42.5 Å². The van der Waals surface area contributed by atoms with Crippen molar-refractivity contribution in [2.24, 2.45) is 0 Å². The number of anilines is 1. The Kier molecular flexibility index (Phi) is 4.31. The lowest BCUT2D eigenvalue weighted by Gasteiger charge is -2.05. The lowest BCUT2D eigenvalue weighted by molar-refractivity contribution is -0.384. The van der Waals surface area contributed by atoms with Gasteiger partial charge in [-0.15, -0.1) is 0 Å². The van der Waals surface area contributed by atoms with Gasteiger partial charge in [-0.1, -0.05) is 11.6 Å².